The minimum atomic E-state index is 0.275. The molecule has 1 saturated carbocycles. The summed E-state index contributed by atoms with van der Waals surface area (Å²) in [6.45, 7) is 28.3. The summed E-state index contributed by atoms with van der Waals surface area (Å²) in [5, 5.41) is 0. The molecule has 2 bridgehead atoms. The van der Waals surface area contributed by atoms with E-state index in [1.807, 2.05) is 11.1 Å². The molecule has 4 rings (SSSR count). The van der Waals surface area contributed by atoms with Crippen LogP contribution in [0.25, 0.3) is 0 Å². The number of piperidine rings is 2. The van der Waals surface area contributed by atoms with Crippen LogP contribution >= 0.6 is 0 Å². The van der Waals surface area contributed by atoms with Crippen LogP contribution in [0.5, 0.6) is 0 Å². The molecule has 0 spiro atoms. The molecule has 0 aromatic heterocycles. The molecule has 0 radical (unpaired) electrons. The average molecular weight is 878 g/mol. The first kappa shape index (κ1) is 55.3. The number of likely N-dealkylation sites (tertiary alicyclic amines) is 2. The standard InChI is InChI=1S/C61H116N2/c1-11-13-15-17-19-21-23-25-27-29-31-33-35-37-39-41-45-62-58(3,4)48-54(49-59(62,5)6)56-52-43-44-53(47-52)57(56)55-50-60(7,8)63(61(9,10)51-55)46-42-40-38-36-34-32-30-28-26-24-22-20-18-16-14-12-2/h52-55H,11-51H2,1-10H3. The van der Waals surface area contributed by atoms with Crippen molar-refractivity contribution in [2.75, 3.05) is 13.1 Å². The molecule has 2 aliphatic carbocycles. The minimum absolute atomic E-state index is 0.275. The fourth-order valence-corrected chi connectivity index (χ4v) is 15.1. The van der Waals surface area contributed by atoms with Gasteiger partial charge in [-0.25, -0.2) is 0 Å². The van der Waals surface area contributed by atoms with E-state index in [2.05, 4.69) is 79.0 Å². The van der Waals surface area contributed by atoms with E-state index >= 15 is 0 Å². The third kappa shape index (κ3) is 18.6. The second-order valence-electron chi connectivity index (χ2n) is 25.5. The fraction of sp³-hybridized carbons (Fsp3) is 0.967. The first-order valence-corrected chi connectivity index (χ1v) is 29.5. The highest BCUT2D eigenvalue weighted by Gasteiger charge is 2.53. The summed E-state index contributed by atoms with van der Waals surface area (Å²) < 4.78 is 0. The Balaban J connectivity index is 1.16. The van der Waals surface area contributed by atoms with Gasteiger partial charge in [-0.2, -0.15) is 0 Å². The normalized spacial score (nSPS) is 23.7. The molecule has 3 fully saturated rings. The number of hydrogen-bond acceptors (Lipinski definition) is 2. The molecule has 0 N–H and O–H groups in total. The molecule has 2 saturated heterocycles. The second-order valence-corrected chi connectivity index (χ2v) is 25.5. The Hall–Kier alpha value is -0.340. The molecule has 4 aliphatic rings. The molecular weight excluding hydrogens is 761 g/mol. The van der Waals surface area contributed by atoms with Crippen LogP contribution in [0.3, 0.4) is 0 Å². The molecule has 2 heteroatoms. The van der Waals surface area contributed by atoms with Crippen molar-refractivity contribution in [2.24, 2.45) is 23.7 Å². The van der Waals surface area contributed by atoms with E-state index in [-0.39, 0.29) is 22.2 Å². The number of hydrogen-bond donors (Lipinski definition) is 0. The van der Waals surface area contributed by atoms with Crippen LogP contribution in [0.15, 0.2) is 11.1 Å². The predicted molar refractivity (Wildman–Crippen MR) is 282 cm³/mol. The van der Waals surface area contributed by atoms with Gasteiger partial charge in [-0.15, -0.1) is 0 Å². The number of unbranched alkanes of at least 4 members (excludes halogenated alkanes) is 30. The Bertz CT molecular complexity index is 1090. The van der Waals surface area contributed by atoms with Crippen LogP contribution in [-0.4, -0.2) is 45.0 Å². The Morgan fingerprint density at radius 3 is 0.730 bits per heavy atom. The summed E-state index contributed by atoms with van der Waals surface area (Å²) in [5.74, 6) is 3.36. The van der Waals surface area contributed by atoms with E-state index in [0.717, 1.165) is 23.7 Å². The highest BCUT2D eigenvalue weighted by Crippen LogP contribution is 2.60. The Labute approximate surface area is 397 Å². The molecule has 63 heavy (non-hydrogen) atoms. The smallest absolute Gasteiger partial charge is 0.0164 e. The number of rotatable bonds is 36. The van der Waals surface area contributed by atoms with Crippen LogP contribution in [0.4, 0.5) is 0 Å². The molecular formula is C61H116N2. The zero-order valence-electron chi connectivity index (χ0n) is 45.2. The number of fused-ring (bicyclic) bond motifs is 2. The Morgan fingerprint density at radius 2 is 0.508 bits per heavy atom. The lowest BCUT2D eigenvalue weighted by atomic mass is 9.64. The van der Waals surface area contributed by atoms with E-state index in [1.165, 1.54) is 264 Å². The van der Waals surface area contributed by atoms with Gasteiger partial charge in [0.1, 0.15) is 0 Å². The molecule has 2 atom stereocenters. The molecule has 2 aliphatic heterocycles. The van der Waals surface area contributed by atoms with Crippen LogP contribution < -0.4 is 0 Å². The van der Waals surface area contributed by atoms with Gasteiger partial charge in [0.05, 0.1) is 0 Å². The van der Waals surface area contributed by atoms with Crippen molar-refractivity contribution in [1.82, 2.24) is 9.80 Å². The summed E-state index contributed by atoms with van der Waals surface area (Å²) in [5.41, 5.74) is 5.15. The summed E-state index contributed by atoms with van der Waals surface area (Å²) in [4.78, 5) is 5.97. The Morgan fingerprint density at radius 1 is 0.302 bits per heavy atom. The van der Waals surface area contributed by atoms with E-state index in [9.17, 15) is 0 Å². The van der Waals surface area contributed by atoms with Gasteiger partial charge in [-0.1, -0.05) is 218 Å². The topological polar surface area (TPSA) is 6.48 Å². The third-order valence-corrected chi connectivity index (χ3v) is 17.9. The first-order chi connectivity index (χ1) is 30.2. The van der Waals surface area contributed by atoms with Gasteiger partial charge in [0.15, 0.2) is 0 Å². The summed E-state index contributed by atoms with van der Waals surface area (Å²) in [6, 6.07) is 0. The summed E-state index contributed by atoms with van der Waals surface area (Å²) >= 11 is 0. The maximum absolute atomic E-state index is 2.98. The van der Waals surface area contributed by atoms with Gasteiger partial charge in [0, 0.05) is 22.2 Å². The molecule has 0 amide bonds. The molecule has 0 aromatic carbocycles. The molecule has 2 nitrogen and oxygen atoms in total. The SMILES string of the molecule is CCCCCCCCCCCCCCCCCCN1C(C)(C)CC(C2=C(C3CC(C)(C)N(CCCCCCCCCCCCCCCCCC)C(C)(C)C3)C3CCC2C3)CC1(C)C. The van der Waals surface area contributed by atoms with Gasteiger partial charge in [0.25, 0.3) is 0 Å². The second kappa shape index (κ2) is 28.9. The lowest BCUT2D eigenvalue weighted by molar-refractivity contribution is -0.0511. The van der Waals surface area contributed by atoms with Crippen molar-refractivity contribution in [3.63, 3.8) is 0 Å². The lowest BCUT2D eigenvalue weighted by Crippen LogP contribution is -2.61. The van der Waals surface area contributed by atoms with E-state index in [0.29, 0.717) is 0 Å². The van der Waals surface area contributed by atoms with Crippen molar-refractivity contribution in [3.05, 3.63) is 11.1 Å². The van der Waals surface area contributed by atoms with Gasteiger partial charge in [-0.3, -0.25) is 9.80 Å². The fourth-order valence-electron chi connectivity index (χ4n) is 15.1. The van der Waals surface area contributed by atoms with Gasteiger partial charge in [-0.05, 0) is 150 Å². The lowest BCUT2D eigenvalue weighted by Gasteiger charge is -2.58. The first-order valence-electron chi connectivity index (χ1n) is 29.5. The third-order valence-electron chi connectivity index (χ3n) is 17.9. The Kier molecular flexibility index (Phi) is 25.3. The van der Waals surface area contributed by atoms with Crippen molar-refractivity contribution >= 4 is 0 Å². The maximum Gasteiger partial charge on any atom is 0.0164 e. The maximum atomic E-state index is 2.98. The monoisotopic (exact) mass is 877 g/mol. The van der Waals surface area contributed by atoms with Crippen molar-refractivity contribution < 1.29 is 0 Å². The number of nitrogens with zero attached hydrogens (tertiary/aromatic N) is 2. The average Bonchev–Trinajstić information content (AvgIpc) is 3.84. The van der Waals surface area contributed by atoms with Crippen LogP contribution in [0.1, 0.15) is 320 Å². The van der Waals surface area contributed by atoms with E-state index < -0.39 is 0 Å². The minimum Gasteiger partial charge on any atom is -0.293 e. The van der Waals surface area contributed by atoms with Crippen molar-refractivity contribution in [1.29, 1.82) is 0 Å². The van der Waals surface area contributed by atoms with Gasteiger partial charge in [0.2, 0.25) is 0 Å². The van der Waals surface area contributed by atoms with Gasteiger partial charge < -0.3 is 0 Å². The van der Waals surface area contributed by atoms with E-state index in [1.54, 1.807) is 0 Å². The summed E-state index contributed by atoms with van der Waals surface area (Å²) in [6.07, 6.45) is 56.4. The van der Waals surface area contributed by atoms with E-state index in [4.69, 9.17) is 0 Å². The zero-order chi connectivity index (χ0) is 45.6. The molecule has 2 heterocycles. The molecule has 2 unspecified atom stereocenters. The molecule has 0 aromatic rings. The summed E-state index contributed by atoms with van der Waals surface area (Å²) in [7, 11) is 0. The van der Waals surface area contributed by atoms with Crippen molar-refractivity contribution in [3.8, 4) is 0 Å². The van der Waals surface area contributed by atoms with Crippen molar-refractivity contribution in [2.45, 2.75) is 342 Å². The quantitative estimate of drug-likeness (QED) is 0.0457. The van der Waals surface area contributed by atoms with Crippen LogP contribution in [-0.2, 0) is 0 Å². The van der Waals surface area contributed by atoms with Crippen LogP contribution in [0.2, 0.25) is 0 Å². The predicted octanol–water partition coefficient (Wildman–Crippen LogP) is 19.8. The zero-order valence-corrected chi connectivity index (χ0v) is 45.2. The highest BCUT2D eigenvalue weighted by atomic mass is 15.3. The highest BCUT2D eigenvalue weighted by molar-refractivity contribution is 5.36. The molecule has 370 valence electrons. The largest absolute Gasteiger partial charge is 0.293 e. The number of allylic oxidation sites excluding steroid dienone is 2. The van der Waals surface area contributed by atoms with Gasteiger partial charge >= 0.3 is 0 Å². The van der Waals surface area contributed by atoms with Crippen LogP contribution in [0, 0.1) is 23.7 Å².